The Balaban J connectivity index is 2.41. The molecular weight excluding hydrogens is 254 g/mol. The number of aryl methyl sites for hydroxylation is 2. The lowest BCUT2D eigenvalue weighted by Gasteiger charge is -2.25. The van der Waals surface area contributed by atoms with Crippen molar-refractivity contribution in [2.24, 2.45) is 5.73 Å². The third-order valence-corrected chi connectivity index (χ3v) is 3.87. The van der Waals surface area contributed by atoms with Crippen molar-refractivity contribution in [3.8, 4) is 5.75 Å². The molecule has 0 fully saturated rings. The summed E-state index contributed by atoms with van der Waals surface area (Å²) in [5, 5.41) is 1.02. The number of rotatable bonds is 2. The second-order valence-corrected chi connectivity index (χ2v) is 5.39. The number of hydrogen-bond acceptors (Lipinski definition) is 4. The molecule has 2 N–H and O–H groups in total. The van der Waals surface area contributed by atoms with Crippen molar-refractivity contribution in [3.63, 3.8) is 0 Å². The lowest BCUT2D eigenvalue weighted by Crippen LogP contribution is -2.21. The number of nitrogens with two attached hydrogens (primary N) is 1. The van der Waals surface area contributed by atoms with E-state index in [1.807, 2.05) is 13.0 Å². The molecular formula is C16H19NO3. The van der Waals surface area contributed by atoms with E-state index in [0.29, 0.717) is 12.2 Å². The molecule has 1 aromatic heterocycles. The zero-order valence-corrected chi connectivity index (χ0v) is 11.9. The van der Waals surface area contributed by atoms with Crippen LogP contribution in [-0.4, -0.2) is 6.61 Å². The Bertz CT molecular complexity index is 718. The molecule has 2 aromatic rings. The summed E-state index contributed by atoms with van der Waals surface area (Å²) in [5.41, 5.74) is 9.44. The molecule has 1 aliphatic heterocycles. The predicted molar refractivity (Wildman–Crippen MR) is 78.3 cm³/mol. The zero-order chi connectivity index (χ0) is 14.3. The van der Waals surface area contributed by atoms with E-state index in [0.717, 1.165) is 47.1 Å². The maximum absolute atomic E-state index is 11.8. The van der Waals surface area contributed by atoms with Crippen LogP contribution in [-0.2, 0) is 6.42 Å². The van der Waals surface area contributed by atoms with Crippen LogP contribution in [0.25, 0.3) is 11.0 Å². The van der Waals surface area contributed by atoms with Gasteiger partial charge in [0.2, 0.25) is 0 Å². The highest BCUT2D eigenvalue weighted by molar-refractivity contribution is 5.89. The number of fused-ring (bicyclic) bond motifs is 3. The van der Waals surface area contributed by atoms with Crippen LogP contribution >= 0.6 is 0 Å². The maximum atomic E-state index is 11.8. The molecule has 0 saturated heterocycles. The highest BCUT2D eigenvalue weighted by Gasteiger charge is 2.25. The summed E-state index contributed by atoms with van der Waals surface area (Å²) >= 11 is 0. The monoisotopic (exact) mass is 273 g/mol. The fourth-order valence-electron chi connectivity index (χ4n) is 3.00. The van der Waals surface area contributed by atoms with E-state index in [-0.39, 0.29) is 11.7 Å². The molecule has 0 radical (unpaired) electrons. The van der Waals surface area contributed by atoms with E-state index in [4.69, 9.17) is 14.9 Å². The van der Waals surface area contributed by atoms with Crippen molar-refractivity contribution in [1.29, 1.82) is 0 Å². The summed E-state index contributed by atoms with van der Waals surface area (Å²) in [7, 11) is 0. The van der Waals surface area contributed by atoms with E-state index < -0.39 is 0 Å². The predicted octanol–water partition coefficient (Wildman–Crippen LogP) is 2.84. The quantitative estimate of drug-likeness (QED) is 0.854. The maximum Gasteiger partial charge on any atom is 0.336 e. The van der Waals surface area contributed by atoms with Crippen LogP contribution < -0.4 is 16.1 Å². The third-order valence-electron chi connectivity index (χ3n) is 3.87. The number of ether oxygens (including phenoxy) is 1. The summed E-state index contributed by atoms with van der Waals surface area (Å²) in [4.78, 5) is 11.8. The molecule has 4 nitrogen and oxygen atoms in total. The molecule has 20 heavy (non-hydrogen) atoms. The minimum absolute atomic E-state index is 0.137. The van der Waals surface area contributed by atoms with E-state index >= 15 is 0 Å². The highest BCUT2D eigenvalue weighted by atomic mass is 16.5. The normalized spacial score (nSPS) is 17.9. The van der Waals surface area contributed by atoms with Gasteiger partial charge in [0, 0.05) is 23.9 Å². The molecule has 1 aliphatic rings. The van der Waals surface area contributed by atoms with Gasteiger partial charge in [0.1, 0.15) is 11.3 Å². The van der Waals surface area contributed by atoms with Gasteiger partial charge in [0.25, 0.3) is 0 Å². The fourth-order valence-corrected chi connectivity index (χ4v) is 3.00. The Morgan fingerprint density at radius 3 is 2.95 bits per heavy atom. The standard InChI is InChI=1S/C16H19NO3/c1-3-4-10-8-13(18)20-16-14(10)9(2)7-12-15(16)11(17)5-6-19-12/h7-8,11H,3-6,17H2,1-2H3. The van der Waals surface area contributed by atoms with Crippen LogP contribution in [0.4, 0.5) is 0 Å². The Kier molecular flexibility index (Phi) is 3.26. The van der Waals surface area contributed by atoms with Crippen LogP contribution in [0.1, 0.15) is 42.5 Å². The molecule has 4 heteroatoms. The fraction of sp³-hybridized carbons (Fsp3) is 0.438. The van der Waals surface area contributed by atoms with Gasteiger partial charge >= 0.3 is 5.63 Å². The Hall–Kier alpha value is -1.81. The Labute approximate surface area is 117 Å². The summed E-state index contributed by atoms with van der Waals surface area (Å²) in [6.07, 6.45) is 2.59. The van der Waals surface area contributed by atoms with Gasteiger partial charge in [-0.15, -0.1) is 0 Å². The molecule has 106 valence electrons. The number of hydrogen-bond donors (Lipinski definition) is 1. The first-order chi connectivity index (χ1) is 9.61. The summed E-state index contributed by atoms with van der Waals surface area (Å²) in [6, 6.07) is 3.47. The van der Waals surface area contributed by atoms with Gasteiger partial charge in [0.05, 0.1) is 12.2 Å². The minimum atomic E-state index is -0.313. The van der Waals surface area contributed by atoms with Gasteiger partial charge < -0.3 is 14.9 Å². The van der Waals surface area contributed by atoms with Crippen molar-refractivity contribution in [1.82, 2.24) is 0 Å². The second kappa shape index (κ2) is 4.94. The first-order valence-corrected chi connectivity index (χ1v) is 7.10. The van der Waals surface area contributed by atoms with Crippen LogP contribution in [0, 0.1) is 6.92 Å². The lowest BCUT2D eigenvalue weighted by molar-refractivity contribution is 0.268. The summed E-state index contributed by atoms with van der Waals surface area (Å²) in [5.74, 6) is 0.755. The van der Waals surface area contributed by atoms with Gasteiger partial charge in [0.15, 0.2) is 0 Å². The average molecular weight is 273 g/mol. The van der Waals surface area contributed by atoms with E-state index in [1.54, 1.807) is 6.07 Å². The third kappa shape index (κ3) is 2.00. The van der Waals surface area contributed by atoms with Crippen molar-refractivity contribution >= 4 is 11.0 Å². The van der Waals surface area contributed by atoms with E-state index in [2.05, 4.69) is 6.92 Å². The minimum Gasteiger partial charge on any atom is -0.493 e. The van der Waals surface area contributed by atoms with E-state index in [9.17, 15) is 4.79 Å². The molecule has 0 bridgehead atoms. The average Bonchev–Trinajstić information content (AvgIpc) is 2.38. The van der Waals surface area contributed by atoms with Crippen molar-refractivity contribution < 1.29 is 9.15 Å². The van der Waals surface area contributed by atoms with Crippen molar-refractivity contribution in [2.75, 3.05) is 6.61 Å². The van der Waals surface area contributed by atoms with Crippen LogP contribution in [0.2, 0.25) is 0 Å². The first-order valence-electron chi connectivity index (χ1n) is 7.10. The van der Waals surface area contributed by atoms with Gasteiger partial charge in [-0.05, 0) is 30.5 Å². The summed E-state index contributed by atoms with van der Waals surface area (Å²) in [6.45, 7) is 4.73. The molecule has 1 atom stereocenters. The van der Waals surface area contributed by atoms with Gasteiger partial charge in [-0.25, -0.2) is 4.79 Å². The Morgan fingerprint density at radius 2 is 2.20 bits per heavy atom. The zero-order valence-electron chi connectivity index (χ0n) is 11.9. The molecule has 1 aromatic carbocycles. The van der Waals surface area contributed by atoms with E-state index in [1.165, 1.54) is 0 Å². The lowest BCUT2D eigenvalue weighted by atomic mass is 9.93. The van der Waals surface area contributed by atoms with Crippen molar-refractivity contribution in [3.05, 3.63) is 39.2 Å². The molecule has 2 heterocycles. The molecule has 0 amide bonds. The highest BCUT2D eigenvalue weighted by Crippen LogP contribution is 2.39. The Morgan fingerprint density at radius 1 is 1.40 bits per heavy atom. The van der Waals surface area contributed by atoms with Crippen molar-refractivity contribution in [2.45, 2.75) is 39.2 Å². The van der Waals surface area contributed by atoms with Crippen LogP contribution in [0.15, 0.2) is 21.3 Å². The molecule has 0 spiro atoms. The second-order valence-electron chi connectivity index (χ2n) is 5.39. The first kappa shape index (κ1) is 13.2. The largest absolute Gasteiger partial charge is 0.493 e. The smallest absolute Gasteiger partial charge is 0.336 e. The summed E-state index contributed by atoms with van der Waals surface area (Å²) < 4.78 is 11.2. The molecule has 0 saturated carbocycles. The van der Waals surface area contributed by atoms with Crippen LogP contribution in [0.3, 0.4) is 0 Å². The van der Waals surface area contributed by atoms with Gasteiger partial charge in [-0.3, -0.25) is 0 Å². The van der Waals surface area contributed by atoms with Gasteiger partial charge in [-0.1, -0.05) is 13.3 Å². The number of benzene rings is 1. The van der Waals surface area contributed by atoms with Crippen LogP contribution in [0.5, 0.6) is 5.75 Å². The SMILES string of the molecule is CCCc1cc(=O)oc2c3c(cc(C)c12)OCCC3N. The molecule has 3 rings (SSSR count). The van der Waals surface area contributed by atoms with Gasteiger partial charge in [-0.2, -0.15) is 0 Å². The molecule has 0 aliphatic carbocycles. The topological polar surface area (TPSA) is 65.5 Å². The molecule has 1 unspecified atom stereocenters.